The molecule has 1 heterocycles. The van der Waals surface area contributed by atoms with Gasteiger partial charge in [-0.3, -0.25) is 10.4 Å². The second-order valence-corrected chi connectivity index (χ2v) is 2.81. The summed E-state index contributed by atoms with van der Waals surface area (Å²) in [5, 5.41) is 7.24. The van der Waals surface area contributed by atoms with Gasteiger partial charge < -0.3 is 11.5 Å². The Labute approximate surface area is 76.7 Å². The van der Waals surface area contributed by atoms with Gasteiger partial charge in [-0.25, -0.2) is 4.98 Å². The lowest BCUT2D eigenvalue weighted by atomic mass is 10.2. The summed E-state index contributed by atoms with van der Waals surface area (Å²) in [4.78, 5) is 8.36. The molecule has 0 bridgehead atoms. The summed E-state index contributed by atoms with van der Waals surface area (Å²) in [5.74, 6) is -0.0586. The Hall–Kier alpha value is -1.49. The Morgan fingerprint density at radius 2 is 1.92 bits per heavy atom. The van der Waals surface area contributed by atoms with Crippen LogP contribution in [0.5, 0.6) is 0 Å². The molecule has 1 aromatic heterocycles. The highest BCUT2D eigenvalue weighted by Gasteiger charge is 2.08. The van der Waals surface area contributed by atoms with Crippen LogP contribution in [0.4, 0.5) is 0 Å². The van der Waals surface area contributed by atoms with Crippen LogP contribution in [0, 0.1) is 19.3 Å². The lowest BCUT2D eigenvalue weighted by Crippen LogP contribution is -2.18. The Bertz CT molecular complexity index is 345. The number of rotatable bonds is 2. The minimum atomic E-state index is -0.0586. The van der Waals surface area contributed by atoms with Crippen LogP contribution >= 0.6 is 0 Å². The molecule has 5 heteroatoms. The standard InChI is InChI=1S/C8H13N5/c1-4-6(3-9)12-5(2)7(13-4)8(10)11/h3,9H2,1-2H3,(H3,10,11). The van der Waals surface area contributed by atoms with Gasteiger partial charge in [0, 0.05) is 6.54 Å². The first kappa shape index (κ1) is 9.60. The summed E-state index contributed by atoms with van der Waals surface area (Å²) in [6.07, 6.45) is 0. The van der Waals surface area contributed by atoms with Gasteiger partial charge in [0.15, 0.2) is 0 Å². The molecule has 0 saturated carbocycles. The van der Waals surface area contributed by atoms with Crippen molar-refractivity contribution in [1.82, 2.24) is 9.97 Å². The van der Waals surface area contributed by atoms with Crippen molar-refractivity contribution in [1.29, 1.82) is 5.41 Å². The van der Waals surface area contributed by atoms with Crippen molar-refractivity contribution >= 4 is 5.84 Å². The molecule has 0 aliphatic heterocycles. The number of hydrogen-bond acceptors (Lipinski definition) is 4. The number of nitrogens with zero attached hydrogens (tertiary/aromatic N) is 2. The number of nitrogens with one attached hydrogen (secondary N) is 1. The fourth-order valence-corrected chi connectivity index (χ4v) is 1.10. The molecule has 0 radical (unpaired) electrons. The van der Waals surface area contributed by atoms with E-state index in [1.165, 1.54) is 0 Å². The lowest BCUT2D eigenvalue weighted by Gasteiger charge is -2.07. The zero-order chi connectivity index (χ0) is 10.0. The van der Waals surface area contributed by atoms with Gasteiger partial charge in [-0.05, 0) is 13.8 Å². The van der Waals surface area contributed by atoms with Gasteiger partial charge in [-0.1, -0.05) is 0 Å². The summed E-state index contributed by atoms with van der Waals surface area (Å²) in [5.41, 5.74) is 13.4. The van der Waals surface area contributed by atoms with Crippen molar-refractivity contribution in [3.8, 4) is 0 Å². The molecule has 0 aliphatic carbocycles. The second-order valence-electron chi connectivity index (χ2n) is 2.81. The smallest absolute Gasteiger partial charge is 0.143 e. The minimum absolute atomic E-state index is 0.0586. The van der Waals surface area contributed by atoms with Crippen LogP contribution in [-0.4, -0.2) is 15.8 Å². The van der Waals surface area contributed by atoms with E-state index in [9.17, 15) is 0 Å². The molecule has 13 heavy (non-hydrogen) atoms. The highest BCUT2D eigenvalue weighted by molar-refractivity contribution is 5.93. The summed E-state index contributed by atoms with van der Waals surface area (Å²) in [6, 6.07) is 0. The second kappa shape index (κ2) is 3.49. The molecular formula is C8H13N5. The number of amidine groups is 1. The number of nitrogens with two attached hydrogens (primary N) is 2. The highest BCUT2D eigenvalue weighted by atomic mass is 14.9. The zero-order valence-electron chi connectivity index (χ0n) is 7.76. The first-order valence-electron chi connectivity index (χ1n) is 3.94. The van der Waals surface area contributed by atoms with Gasteiger partial charge in [0.2, 0.25) is 0 Å². The Morgan fingerprint density at radius 3 is 2.38 bits per heavy atom. The van der Waals surface area contributed by atoms with Crippen molar-refractivity contribution in [2.45, 2.75) is 20.4 Å². The highest BCUT2D eigenvalue weighted by Crippen LogP contribution is 2.06. The van der Waals surface area contributed by atoms with Crippen molar-refractivity contribution in [2.24, 2.45) is 11.5 Å². The predicted molar refractivity (Wildman–Crippen MR) is 50.4 cm³/mol. The molecule has 0 spiro atoms. The van der Waals surface area contributed by atoms with Crippen LogP contribution < -0.4 is 11.5 Å². The van der Waals surface area contributed by atoms with E-state index in [1.807, 2.05) is 0 Å². The van der Waals surface area contributed by atoms with Gasteiger partial charge in [-0.15, -0.1) is 0 Å². The van der Waals surface area contributed by atoms with Crippen molar-refractivity contribution in [3.05, 3.63) is 22.8 Å². The first-order chi connectivity index (χ1) is 6.06. The van der Waals surface area contributed by atoms with E-state index in [0.717, 1.165) is 11.4 Å². The summed E-state index contributed by atoms with van der Waals surface area (Å²) >= 11 is 0. The maximum atomic E-state index is 7.24. The fourth-order valence-electron chi connectivity index (χ4n) is 1.10. The van der Waals surface area contributed by atoms with Gasteiger partial charge >= 0.3 is 0 Å². The minimum Gasteiger partial charge on any atom is -0.382 e. The Kier molecular flexibility index (Phi) is 2.57. The molecule has 70 valence electrons. The number of hydrogen-bond donors (Lipinski definition) is 3. The van der Waals surface area contributed by atoms with Crippen molar-refractivity contribution in [3.63, 3.8) is 0 Å². The average Bonchev–Trinajstić information content (AvgIpc) is 2.07. The van der Waals surface area contributed by atoms with Gasteiger partial charge in [-0.2, -0.15) is 0 Å². The first-order valence-corrected chi connectivity index (χ1v) is 3.94. The molecule has 0 atom stereocenters. The molecule has 0 aliphatic rings. The molecule has 0 saturated heterocycles. The van der Waals surface area contributed by atoms with Crippen LogP contribution in [-0.2, 0) is 6.54 Å². The molecule has 5 nitrogen and oxygen atoms in total. The lowest BCUT2D eigenvalue weighted by molar-refractivity contribution is 0.899. The molecular weight excluding hydrogens is 166 g/mol. The van der Waals surface area contributed by atoms with E-state index in [2.05, 4.69) is 9.97 Å². The van der Waals surface area contributed by atoms with E-state index in [1.54, 1.807) is 13.8 Å². The summed E-state index contributed by atoms with van der Waals surface area (Å²) < 4.78 is 0. The molecule has 1 aromatic rings. The van der Waals surface area contributed by atoms with Crippen molar-refractivity contribution in [2.75, 3.05) is 0 Å². The third kappa shape index (κ3) is 1.81. The average molecular weight is 179 g/mol. The Morgan fingerprint density at radius 1 is 1.31 bits per heavy atom. The van der Waals surface area contributed by atoms with E-state index < -0.39 is 0 Å². The van der Waals surface area contributed by atoms with E-state index >= 15 is 0 Å². The van der Waals surface area contributed by atoms with Crippen LogP contribution in [0.3, 0.4) is 0 Å². The molecule has 1 rings (SSSR count). The normalized spacial score (nSPS) is 10.1. The van der Waals surface area contributed by atoms with E-state index in [4.69, 9.17) is 16.9 Å². The quantitative estimate of drug-likeness (QED) is 0.433. The predicted octanol–water partition coefficient (Wildman–Crippen LogP) is -0.164. The SMILES string of the molecule is Cc1nc(C(=N)N)c(C)nc1CN. The van der Waals surface area contributed by atoms with Gasteiger partial charge in [0.25, 0.3) is 0 Å². The van der Waals surface area contributed by atoms with Gasteiger partial charge in [0.05, 0.1) is 17.1 Å². The number of aryl methyl sites for hydroxylation is 2. The largest absolute Gasteiger partial charge is 0.382 e. The van der Waals surface area contributed by atoms with Crippen LogP contribution in [0.25, 0.3) is 0 Å². The molecule has 0 amide bonds. The van der Waals surface area contributed by atoms with Crippen LogP contribution in [0.1, 0.15) is 22.8 Å². The van der Waals surface area contributed by atoms with Gasteiger partial charge in [0.1, 0.15) is 11.5 Å². The monoisotopic (exact) mass is 179 g/mol. The fraction of sp³-hybridized carbons (Fsp3) is 0.375. The zero-order valence-corrected chi connectivity index (χ0v) is 7.76. The molecule has 0 fully saturated rings. The van der Waals surface area contributed by atoms with E-state index in [0.29, 0.717) is 17.9 Å². The maximum absolute atomic E-state index is 7.24. The topological polar surface area (TPSA) is 102 Å². The Balaban J connectivity index is 3.28. The summed E-state index contributed by atoms with van der Waals surface area (Å²) in [6.45, 7) is 3.93. The van der Waals surface area contributed by atoms with Crippen LogP contribution in [0.2, 0.25) is 0 Å². The van der Waals surface area contributed by atoms with E-state index in [-0.39, 0.29) is 5.84 Å². The third-order valence-corrected chi connectivity index (χ3v) is 1.79. The van der Waals surface area contributed by atoms with Crippen molar-refractivity contribution < 1.29 is 0 Å². The molecule has 5 N–H and O–H groups in total. The molecule has 0 unspecified atom stereocenters. The molecule has 0 aromatic carbocycles. The third-order valence-electron chi connectivity index (χ3n) is 1.79. The summed E-state index contributed by atoms with van der Waals surface area (Å²) in [7, 11) is 0. The number of nitrogen functional groups attached to an aromatic ring is 1. The maximum Gasteiger partial charge on any atom is 0.143 e. The number of aromatic nitrogens is 2. The van der Waals surface area contributed by atoms with Crippen LogP contribution in [0.15, 0.2) is 0 Å².